The molecule has 0 atom stereocenters. The third kappa shape index (κ3) is 13.5. The van der Waals surface area contributed by atoms with Gasteiger partial charge < -0.3 is 9.84 Å². The summed E-state index contributed by atoms with van der Waals surface area (Å²) >= 11 is 0. The normalized spacial score (nSPS) is 11.6. The fourth-order valence-electron chi connectivity index (χ4n) is 4.00. The van der Waals surface area contributed by atoms with E-state index < -0.39 is 0 Å². The summed E-state index contributed by atoms with van der Waals surface area (Å²) in [4.78, 5) is 12.1. The Hall–Kier alpha value is -1.51. The molecule has 0 amide bonds. The molecule has 1 aromatic rings. The number of unbranched alkanes of at least 4 members (excludes halogenated alkanes) is 14. The molecule has 3 nitrogen and oxygen atoms in total. The lowest BCUT2D eigenvalue weighted by Gasteiger charge is -2.21. The van der Waals surface area contributed by atoms with E-state index in [1.54, 1.807) is 18.2 Å². The first-order valence-corrected chi connectivity index (χ1v) is 12.9. The quantitative estimate of drug-likeness (QED) is 0.152. The van der Waals surface area contributed by atoms with E-state index in [0.717, 1.165) is 18.4 Å². The van der Waals surface area contributed by atoms with Crippen LogP contribution in [0.3, 0.4) is 0 Å². The Labute approximate surface area is 192 Å². The predicted molar refractivity (Wildman–Crippen MR) is 132 cm³/mol. The average Bonchev–Trinajstić information content (AvgIpc) is 2.71. The second-order valence-electron chi connectivity index (χ2n) is 10.1. The van der Waals surface area contributed by atoms with Crippen LogP contribution in [0.2, 0.25) is 0 Å². The van der Waals surface area contributed by atoms with Gasteiger partial charge in [0.15, 0.2) is 0 Å². The van der Waals surface area contributed by atoms with E-state index in [9.17, 15) is 9.90 Å². The van der Waals surface area contributed by atoms with Crippen LogP contribution in [0.4, 0.5) is 0 Å². The maximum absolute atomic E-state index is 12.1. The van der Waals surface area contributed by atoms with Gasteiger partial charge in [-0.25, -0.2) is 0 Å². The number of hydrogen-bond acceptors (Lipinski definition) is 3. The summed E-state index contributed by atoms with van der Waals surface area (Å²) in [5.74, 6) is 0.587. The van der Waals surface area contributed by atoms with Gasteiger partial charge in [0.2, 0.25) is 0 Å². The largest absolute Gasteiger partial charge is 0.508 e. The smallest absolute Gasteiger partial charge is 0.311 e. The monoisotopic (exact) mass is 432 g/mol. The van der Waals surface area contributed by atoms with E-state index in [2.05, 4.69) is 6.92 Å². The Kier molecular flexibility index (Phi) is 14.4. The van der Waals surface area contributed by atoms with Crippen LogP contribution in [0.15, 0.2) is 18.2 Å². The number of ether oxygens (including phenoxy) is 1. The van der Waals surface area contributed by atoms with E-state index in [1.807, 2.05) is 20.8 Å². The van der Waals surface area contributed by atoms with Gasteiger partial charge in [0.25, 0.3) is 0 Å². The highest BCUT2D eigenvalue weighted by atomic mass is 16.5. The van der Waals surface area contributed by atoms with Gasteiger partial charge in [-0.05, 0) is 30.0 Å². The highest BCUT2D eigenvalue weighted by Crippen LogP contribution is 2.33. The average molecular weight is 433 g/mol. The first kappa shape index (κ1) is 27.5. The van der Waals surface area contributed by atoms with Gasteiger partial charge in [0.1, 0.15) is 11.5 Å². The molecule has 0 aromatic heterocycles. The van der Waals surface area contributed by atoms with E-state index in [1.165, 1.54) is 83.5 Å². The minimum Gasteiger partial charge on any atom is -0.508 e. The van der Waals surface area contributed by atoms with Gasteiger partial charge in [-0.1, -0.05) is 118 Å². The van der Waals surface area contributed by atoms with Crippen LogP contribution in [0.5, 0.6) is 11.5 Å². The number of phenolic OH excluding ortho intramolecular Hbond substituents is 1. The fraction of sp³-hybridized carbons (Fsp3) is 0.750. The summed E-state index contributed by atoms with van der Waals surface area (Å²) in [6, 6.07) is 5.05. The molecule has 0 saturated carbocycles. The van der Waals surface area contributed by atoms with Crippen LogP contribution in [0.25, 0.3) is 0 Å². The fourth-order valence-corrected chi connectivity index (χ4v) is 4.00. The molecule has 1 N–H and O–H groups in total. The number of hydrogen-bond donors (Lipinski definition) is 1. The van der Waals surface area contributed by atoms with Gasteiger partial charge in [0.05, 0.1) is 0 Å². The Morgan fingerprint density at radius 2 is 1.23 bits per heavy atom. The molecule has 0 heterocycles. The lowest BCUT2D eigenvalue weighted by Crippen LogP contribution is -2.13. The lowest BCUT2D eigenvalue weighted by atomic mass is 9.86. The van der Waals surface area contributed by atoms with E-state index in [-0.39, 0.29) is 17.1 Å². The van der Waals surface area contributed by atoms with Crippen molar-refractivity contribution >= 4 is 5.97 Å². The standard InChI is InChI=1S/C28H48O3/c1-5-6-7-8-9-10-11-12-13-14-15-16-17-18-19-20-27(30)31-24-21-22-26(29)25(23-24)28(2,3)4/h21-23,29H,5-20H2,1-4H3. The second-order valence-corrected chi connectivity index (χ2v) is 10.1. The zero-order valence-corrected chi connectivity index (χ0v) is 20.8. The van der Waals surface area contributed by atoms with Crippen molar-refractivity contribution in [1.82, 2.24) is 0 Å². The molecule has 0 aliphatic rings. The lowest BCUT2D eigenvalue weighted by molar-refractivity contribution is -0.134. The summed E-state index contributed by atoms with van der Waals surface area (Å²) in [7, 11) is 0. The van der Waals surface area contributed by atoms with Crippen LogP contribution in [0.1, 0.15) is 136 Å². The van der Waals surface area contributed by atoms with Crippen molar-refractivity contribution < 1.29 is 14.6 Å². The maximum atomic E-state index is 12.1. The number of esters is 1. The topological polar surface area (TPSA) is 46.5 Å². The first-order chi connectivity index (χ1) is 14.8. The van der Waals surface area contributed by atoms with Gasteiger partial charge >= 0.3 is 5.97 Å². The van der Waals surface area contributed by atoms with Crippen LogP contribution in [-0.4, -0.2) is 11.1 Å². The summed E-state index contributed by atoms with van der Waals surface area (Å²) in [5.41, 5.74) is 0.602. The number of aromatic hydroxyl groups is 1. The molecule has 0 aliphatic heterocycles. The first-order valence-electron chi connectivity index (χ1n) is 12.9. The Morgan fingerprint density at radius 3 is 1.68 bits per heavy atom. The highest BCUT2D eigenvalue weighted by molar-refractivity contribution is 5.72. The van der Waals surface area contributed by atoms with Crippen molar-refractivity contribution in [2.24, 2.45) is 0 Å². The molecule has 31 heavy (non-hydrogen) atoms. The summed E-state index contributed by atoms with van der Waals surface area (Å²) in [5, 5.41) is 10.0. The molecular weight excluding hydrogens is 384 g/mol. The minimum atomic E-state index is -0.194. The molecular formula is C28H48O3. The molecule has 0 radical (unpaired) electrons. The number of carbonyl (C=O) groups is 1. The van der Waals surface area contributed by atoms with Crippen LogP contribution in [0, 0.1) is 0 Å². The molecule has 0 saturated heterocycles. The van der Waals surface area contributed by atoms with Gasteiger partial charge in [-0.3, -0.25) is 4.79 Å². The van der Waals surface area contributed by atoms with Crippen LogP contribution < -0.4 is 4.74 Å². The SMILES string of the molecule is CCCCCCCCCCCCCCCCCC(=O)Oc1ccc(O)c(C(C)(C)C)c1. The number of carbonyl (C=O) groups excluding carboxylic acids is 1. The number of phenols is 1. The molecule has 178 valence electrons. The van der Waals surface area contributed by atoms with Crippen molar-refractivity contribution in [2.75, 3.05) is 0 Å². The van der Waals surface area contributed by atoms with E-state index >= 15 is 0 Å². The molecule has 0 spiro atoms. The second kappa shape index (κ2) is 16.2. The van der Waals surface area contributed by atoms with Crippen molar-refractivity contribution in [1.29, 1.82) is 0 Å². The number of rotatable bonds is 17. The Bertz CT molecular complexity index is 601. The summed E-state index contributed by atoms with van der Waals surface area (Å²) in [6.45, 7) is 8.37. The molecule has 3 heteroatoms. The summed E-state index contributed by atoms with van der Waals surface area (Å²) in [6.07, 6.45) is 20.2. The molecule has 1 rings (SSSR count). The zero-order chi connectivity index (χ0) is 23.0. The molecule has 0 aliphatic carbocycles. The van der Waals surface area contributed by atoms with Crippen LogP contribution in [-0.2, 0) is 10.2 Å². The zero-order valence-electron chi connectivity index (χ0n) is 20.8. The van der Waals surface area contributed by atoms with Crippen molar-refractivity contribution in [2.45, 2.75) is 136 Å². The maximum Gasteiger partial charge on any atom is 0.311 e. The molecule has 1 aromatic carbocycles. The van der Waals surface area contributed by atoms with Gasteiger partial charge in [-0.15, -0.1) is 0 Å². The van der Waals surface area contributed by atoms with Crippen LogP contribution >= 0.6 is 0 Å². The third-order valence-electron chi connectivity index (χ3n) is 5.99. The minimum absolute atomic E-state index is 0.180. The van der Waals surface area contributed by atoms with Gasteiger partial charge in [0, 0.05) is 12.0 Å². The molecule has 0 fully saturated rings. The Morgan fingerprint density at radius 1 is 0.774 bits per heavy atom. The van der Waals surface area contributed by atoms with E-state index in [0.29, 0.717) is 12.2 Å². The van der Waals surface area contributed by atoms with Gasteiger partial charge in [-0.2, -0.15) is 0 Å². The summed E-state index contributed by atoms with van der Waals surface area (Å²) < 4.78 is 5.47. The number of benzene rings is 1. The predicted octanol–water partition coefficient (Wildman–Crippen LogP) is 8.86. The molecule has 0 unspecified atom stereocenters. The van der Waals surface area contributed by atoms with E-state index in [4.69, 9.17) is 4.74 Å². The van der Waals surface area contributed by atoms with Crippen molar-refractivity contribution in [3.05, 3.63) is 23.8 Å². The van der Waals surface area contributed by atoms with Crippen molar-refractivity contribution in [3.63, 3.8) is 0 Å². The van der Waals surface area contributed by atoms with Crippen molar-refractivity contribution in [3.8, 4) is 11.5 Å². The highest BCUT2D eigenvalue weighted by Gasteiger charge is 2.19. The Balaban J connectivity index is 2.00. The third-order valence-corrected chi connectivity index (χ3v) is 5.99. The molecule has 0 bridgehead atoms.